The number of benzene rings is 3. The maximum atomic E-state index is 13.8. The topological polar surface area (TPSA) is 143 Å². The van der Waals surface area contributed by atoms with Gasteiger partial charge < -0.3 is 31.1 Å². The monoisotopic (exact) mass is 631 g/mol. The lowest BCUT2D eigenvalue weighted by Crippen LogP contribution is -2.46. The quantitative estimate of drug-likeness (QED) is 0.125. The lowest BCUT2D eigenvalue weighted by atomic mass is 10.0. The van der Waals surface area contributed by atoms with E-state index < -0.39 is 27.8 Å². The maximum absolute atomic E-state index is 13.8. The zero-order chi connectivity index (χ0) is 31.7. The fraction of sp³-hybridized carbons (Fsp3) is 0.387. The summed E-state index contributed by atoms with van der Waals surface area (Å²) in [5.41, 5.74) is 3.00. The van der Waals surface area contributed by atoms with Crippen molar-refractivity contribution < 1.29 is 32.2 Å². The lowest BCUT2D eigenvalue weighted by Gasteiger charge is -2.33. The molecule has 6 N–H and O–H groups in total. The van der Waals surface area contributed by atoms with Crippen LogP contribution in [0.25, 0.3) is 0 Å². The van der Waals surface area contributed by atoms with Crippen molar-refractivity contribution in [1.82, 2.24) is 15.5 Å². The Bertz CT molecular complexity index is 1520. The highest BCUT2D eigenvalue weighted by atomic mass is 32.2. The van der Waals surface area contributed by atoms with Gasteiger partial charge >= 0.3 is 6.03 Å². The number of carbonyl (C=O) groups is 1. The number of phenols is 1. The number of carbonyl (C=O) groups excluding carboxylic acids is 1. The highest BCUT2D eigenvalue weighted by Crippen LogP contribution is 2.25. The summed E-state index contributed by atoms with van der Waals surface area (Å²) in [7, 11) is -3.54. The molecule has 44 heavy (non-hydrogen) atoms. The summed E-state index contributed by atoms with van der Waals surface area (Å²) in [6.45, 7) is 2.04. The van der Waals surface area contributed by atoms with Gasteiger partial charge in [0, 0.05) is 43.5 Å². The van der Waals surface area contributed by atoms with E-state index in [2.05, 4.69) is 20.7 Å². The second-order valence-corrected chi connectivity index (χ2v) is 12.8. The molecule has 13 heteroatoms. The molecule has 10 nitrogen and oxygen atoms in total. The van der Waals surface area contributed by atoms with E-state index in [1.807, 2.05) is 24.3 Å². The number of anilines is 2. The number of phenolic OH excluding ortho intramolecular Hbond substituents is 1. The number of rotatable bonds is 13. The number of sulfonamides is 1. The van der Waals surface area contributed by atoms with E-state index in [4.69, 9.17) is 0 Å². The predicted molar refractivity (Wildman–Crippen MR) is 166 cm³/mol. The van der Waals surface area contributed by atoms with E-state index in [-0.39, 0.29) is 35.6 Å². The molecule has 0 aromatic heterocycles. The van der Waals surface area contributed by atoms with Gasteiger partial charge in [-0.1, -0.05) is 18.2 Å². The van der Waals surface area contributed by atoms with Crippen LogP contribution in [0.2, 0.25) is 0 Å². The van der Waals surface area contributed by atoms with Crippen LogP contribution in [0.5, 0.6) is 5.75 Å². The highest BCUT2D eigenvalue weighted by molar-refractivity contribution is 7.92. The van der Waals surface area contributed by atoms with E-state index in [0.29, 0.717) is 38.2 Å². The average Bonchev–Trinajstić information content (AvgIpc) is 2.98. The van der Waals surface area contributed by atoms with Crippen molar-refractivity contribution in [3.05, 3.63) is 89.0 Å². The van der Waals surface area contributed by atoms with Crippen molar-refractivity contribution in [2.24, 2.45) is 0 Å². The molecule has 1 atom stereocenters. The van der Waals surface area contributed by atoms with Crippen LogP contribution in [0.15, 0.2) is 60.7 Å². The first-order valence-electron chi connectivity index (χ1n) is 14.5. The van der Waals surface area contributed by atoms with Gasteiger partial charge in [0.2, 0.25) is 10.0 Å². The largest absolute Gasteiger partial charge is 0.506 e. The smallest absolute Gasteiger partial charge is 0.317 e. The van der Waals surface area contributed by atoms with E-state index in [1.165, 1.54) is 12.1 Å². The number of aromatic hydroxyl groups is 1. The molecule has 1 unspecified atom stereocenters. The van der Waals surface area contributed by atoms with Crippen LogP contribution in [-0.2, 0) is 29.4 Å². The zero-order valence-electron chi connectivity index (χ0n) is 24.5. The average molecular weight is 632 g/mol. The third-order valence-corrected chi connectivity index (χ3v) is 7.93. The van der Waals surface area contributed by atoms with E-state index in [9.17, 15) is 32.2 Å². The molecule has 1 aliphatic rings. The van der Waals surface area contributed by atoms with Gasteiger partial charge in [0.25, 0.3) is 0 Å². The first-order valence-corrected chi connectivity index (χ1v) is 16.3. The molecule has 2 amide bonds. The Balaban J connectivity index is 1.12. The molecule has 1 aliphatic heterocycles. The molecule has 0 saturated carbocycles. The molecule has 3 aromatic rings. The van der Waals surface area contributed by atoms with Crippen LogP contribution in [0, 0.1) is 11.6 Å². The third kappa shape index (κ3) is 10.4. The number of amides is 2. The molecular formula is C31H39F2N5O5S. The minimum absolute atomic E-state index is 0.0729. The Morgan fingerprint density at radius 1 is 1.02 bits per heavy atom. The molecule has 238 valence electrons. The Labute approximate surface area is 256 Å². The molecule has 1 heterocycles. The summed E-state index contributed by atoms with van der Waals surface area (Å²) in [5.74, 6) is -1.28. The van der Waals surface area contributed by atoms with Gasteiger partial charge in [-0.3, -0.25) is 4.72 Å². The van der Waals surface area contributed by atoms with Crippen molar-refractivity contribution in [3.63, 3.8) is 0 Å². The number of hydrogen-bond donors (Lipinski definition) is 6. The van der Waals surface area contributed by atoms with Crippen molar-refractivity contribution in [2.45, 2.75) is 44.4 Å². The van der Waals surface area contributed by atoms with Gasteiger partial charge in [-0.15, -0.1) is 0 Å². The van der Waals surface area contributed by atoms with E-state index >= 15 is 0 Å². The first-order chi connectivity index (χ1) is 20.9. The van der Waals surface area contributed by atoms with Crippen LogP contribution in [0.4, 0.5) is 25.0 Å². The Kier molecular flexibility index (Phi) is 11.4. The minimum atomic E-state index is -3.54. The molecular weight excluding hydrogens is 592 g/mol. The standard InChI is InChI=1S/C31H39F2N5O5S/c1-44(42,43)37-29-17-22(4-9-30(29)40)16-27(39)20-34-13-10-21-2-6-25(7-3-21)36-26-11-14-38(15-12-26)31(41)35-19-23-18-24(32)5-8-28(23)33/h2-9,17-18,26-27,34,36-37,39-40H,10-16,19-20H2,1H3,(H,35,41). The summed E-state index contributed by atoms with van der Waals surface area (Å²) in [6, 6.07) is 15.8. The zero-order valence-corrected chi connectivity index (χ0v) is 25.3. The van der Waals surface area contributed by atoms with Crippen molar-refractivity contribution in [2.75, 3.05) is 42.5 Å². The summed E-state index contributed by atoms with van der Waals surface area (Å²) in [5, 5.41) is 29.7. The SMILES string of the molecule is CS(=O)(=O)Nc1cc(CC(O)CNCCc2ccc(NC3CCN(C(=O)NCc4cc(F)ccc4F)CC3)cc2)ccc1O. The third-order valence-electron chi connectivity index (χ3n) is 7.34. The molecule has 3 aromatic carbocycles. The summed E-state index contributed by atoms with van der Waals surface area (Å²) in [6.07, 6.45) is 2.89. The Hall–Kier alpha value is -3.94. The number of urea groups is 1. The normalized spacial score (nSPS) is 14.7. The van der Waals surface area contributed by atoms with Crippen LogP contribution in [0.1, 0.15) is 29.5 Å². The summed E-state index contributed by atoms with van der Waals surface area (Å²) in [4.78, 5) is 14.2. The van der Waals surface area contributed by atoms with Crippen LogP contribution in [-0.4, -0.2) is 74.1 Å². The minimum Gasteiger partial charge on any atom is -0.506 e. The lowest BCUT2D eigenvalue weighted by molar-refractivity contribution is 0.172. The second kappa shape index (κ2) is 15.2. The second-order valence-electron chi connectivity index (χ2n) is 11.0. The number of halogens is 2. The van der Waals surface area contributed by atoms with Crippen LogP contribution >= 0.6 is 0 Å². The van der Waals surface area contributed by atoms with Gasteiger partial charge in [0.15, 0.2) is 0 Å². The van der Waals surface area contributed by atoms with Gasteiger partial charge in [-0.25, -0.2) is 22.0 Å². The van der Waals surface area contributed by atoms with Crippen LogP contribution in [0.3, 0.4) is 0 Å². The number of likely N-dealkylation sites (tertiary alicyclic amines) is 1. The van der Waals surface area contributed by atoms with E-state index in [0.717, 1.165) is 55.0 Å². The first kappa shape index (κ1) is 33.0. The number of nitrogens with zero attached hydrogens (tertiary/aromatic N) is 1. The summed E-state index contributed by atoms with van der Waals surface area (Å²) < 4.78 is 52.4. The van der Waals surface area contributed by atoms with Crippen LogP contribution < -0.4 is 20.7 Å². The van der Waals surface area contributed by atoms with Gasteiger partial charge in [-0.2, -0.15) is 0 Å². The fourth-order valence-corrected chi connectivity index (χ4v) is 5.59. The molecule has 1 saturated heterocycles. The highest BCUT2D eigenvalue weighted by Gasteiger charge is 2.23. The van der Waals surface area contributed by atoms with Gasteiger partial charge in [0.05, 0.1) is 18.0 Å². The van der Waals surface area contributed by atoms with Crippen molar-refractivity contribution >= 4 is 27.4 Å². The van der Waals surface area contributed by atoms with Crippen molar-refractivity contribution in [3.8, 4) is 5.75 Å². The van der Waals surface area contributed by atoms with Gasteiger partial charge in [0.1, 0.15) is 17.4 Å². The maximum Gasteiger partial charge on any atom is 0.317 e. The number of hydrogen-bond acceptors (Lipinski definition) is 7. The van der Waals surface area contributed by atoms with E-state index in [1.54, 1.807) is 11.0 Å². The number of aliphatic hydroxyl groups excluding tert-OH is 1. The summed E-state index contributed by atoms with van der Waals surface area (Å²) >= 11 is 0. The molecule has 0 radical (unpaired) electrons. The van der Waals surface area contributed by atoms with Crippen molar-refractivity contribution in [1.29, 1.82) is 0 Å². The Morgan fingerprint density at radius 2 is 1.73 bits per heavy atom. The molecule has 4 rings (SSSR count). The molecule has 0 aliphatic carbocycles. The Morgan fingerprint density at radius 3 is 2.43 bits per heavy atom. The number of piperidine rings is 1. The van der Waals surface area contributed by atoms with Gasteiger partial charge in [-0.05, 0) is 85.8 Å². The molecule has 1 fully saturated rings. The molecule has 0 spiro atoms. The predicted octanol–water partition coefficient (Wildman–Crippen LogP) is 3.56. The fourth-order valence-electron chi connectivity index (χ4n) is 5.03. The number of nitrogens with one attached hydrogen (secondary N) is 4. The number of aliphatic hydroxyl groups is 1. The molecule has 0 bridgehead atoms.